The maximum Gasteiger partial charge on any atom is 0.263 e. The zero-order valence-corrected chi connectivity index (χ0v) is 18.2. The first kappa shape index (κ1) is 23.3. The Labute approximate surface area is 193 Å². The third-order valence-electron chi connectivity index (χ3n) is 5.61. The van der Waals surface area contributed by atoms with Crippen LogP contribution >= 0.6 is 0 Å². The molecule has 34 heavy (non-hydrogen) atoms. The second kappa shape index (κ2) is 9.96. The predicted molar refractivity (Wildman–Crippen MR) is 121 cm³/mol. The number of nitrogens with one attached hydrogen (secondary N) is 1. The molecule has 4 rings (SSSR count). The summed E-state index contributed by atoms with van der Waals surface area (Å²) in [5.41, 5.74) is 1.60. The minimum atomic E-state index is -2.70. The van der Waals surface area contributed by atoms with Gasteiger partial charge in [0.2, 0.25) is 18.3 Å². The van der Waals surface area contributed by atoms with Crippen LogP contribution in [0.4, 0.5) is 20.4 Å². The van der Waals surface area contributed by atoms with Crippen molar-refractivity contribution in [3.05, 3.63) is 53.6 Å². The molecular weight excluding hydrogens is 448 g/mol. The molecule has 0 aliphatic carbocycles. The molecule has 178 valence electrons. The molecule has 0 bridgehead atoms. The Morgan fingerprint density at radius 1 is 1.21 bits per heavy atom. The highest BCUT2D eigenvalue weighted by atomic mass is 19.3. The van der Waals surface area contributed by atoms with Crippen molar-refractivity contribution < 1.29 is 28.3 Å². The third-order valence-corrected chi connectivity index (χ3v) is 5.61. The Kier molecular flexibility index (Phi) is 6.82. The van der Waals surface area contributed by atoms with E-state index in [0.717, 1.165) is 6.07 Å². The van der Waals surface area contributed by atoms with Gasteiger partial charge in [0, 0.05) is 43.1 Å². The lowest BCUT2D eigenvalue weighted by Gasteiger charge is -2.32. The van der Waals surface area contributed by atoms with Crippen molar-refractivity contribution in [3.63, 3.8) is 0 Å². The molecule has 2 aromatic carbocycles. The molecule has 3 amide bonds. The smallest absolute Gasteiger partial charge is 0.263 e. The van der Waals surface area contributed by atoms with Crippen LogP contribution in [0, 0.1) is 0 Å². The van der Waals surface area contributed by atoms with E-state index in [9.17, 15) is 28.3 Å². The van der Waals surface area contributed by atoms with E-state index in [1.807, 2.05) is 0 Å². The first-order valence-electron chi connectivity index (χ1n) is 10.7. The number of aromatic nitrogens is 2. The van der Waals surface area contributed by atoms with E-state index in [1.54, 1.807) is 27.7 Å². The van der Waals surface area contributed by atoms with Gasteiger partial charge in [-0.3, -0.25) is 19.7 Å². The van der Waals surface area contributed by atoms with Crippen molar-refractivity contribution in [3.8, 4) is 0 Å². The lowest BCUT2D eigenvalue weighted by atomic mass is 10.1. The molecule has 9 nitrogen and oxygen atoms in total. The Balaban J connectivity index is 1.64. The topological polar surface area (TPSA) is 108 Å². The predicted octanol–water partition coefficient (Wildman–Crippen LogP) is 2.41. The Morgan fingerprint density at radius 2 is 2.03 bits per heavy atom. The molecule has 11 heteroatoms. The number of alkyl halides is 2. The molecule has 0 radical (unpaired) electrons. The molecule has 2 heterocycles. The largest absolute Gasteiger partial charge is 0.396 e. The van der Waals surface area contributed by atoms with Gasteiger partial charge in [0.15, 0.2) is 0 Å². The van der Waals surface area contributed by atoms with Gasteiger partial charge in [-0.25, -0.2) is 13.8 Å². The lowest BCUT2D eigenvalue weighted by molar-refractivity contribution is -0.128. The molecule has 1 aliphatic heterocycles. The number of fused-ring (bicyclic) bond motifs is 1. The standard InChI is InChI=1S/C23H23F2N5O4/c24-21(25)15-3-1-4-16(11-15)22(34)27-23-26-18-12-17(5-6-19(18)30(23)7-2-10-31)29-9-8-28(14-32)13-20(29)33/h1,3-6,11-12,14,21,31H,2,7-10,13H2,(H,26,27,34). The molecule has 1 aliphatic rings. The lowest BCUT2D eigenvalue weighted by Crippen LogP contribution is -2.49. The van der Waals surface area contributed by atoms with Crippen LogP contribution < -0.4 is 10.2 Å². The number of hydrogen-bond acceptors (Lipinski definition) is 5. The summed E-state index contributed by atoms with van der Waals surface area (Å²) >= 11 is 0. The van der Waals surface area contributed by atoms with E-state index in [2.05, 4.69) is 10.3 Å². The summed E-state index contributed by atoms with van der Waals surface area (Å²) in [5.74, 6) is -0.613. The number of carbonyl (C=O) groups is 3. The SMILES string of the molecule is O=CN1CCN(c2ccc3c(c2)nc(NC(=O)c2cccc(C(F)F)c2)n3CCCO)C(=O)C1. The highest BCUT2D eigenvalue weighted by Crippen LogP contribution is 2.27. The second-order valence-electron chi connectivity index (χ2n) is 7.84. The van der Waals surface area contributed by atoms with Gasteiger partial charge in [-0.1, -0.05) is 12.1 Å². The fourth-order valence-corrected chi connectivity index (χ4v) is 3.88. The normalized spacial score (nSPS) is 14.2. The molecular formula is C23H23F2N5O4. The number of nitrogens with zero attached hydrogens (tertiary/aromatic N) is 4. The van der Waals surface area contributed by atoms with Gasteiger partial charge in [0.05, 0.1) is 17.6 Å². The second-order valence-corrected chi connectivity index (χ2v) is 7.84. The molecule has 0 spiro atoms. The number of benzene rings is 2. The fourth-order valence-electron chi connectivity index (χ4n) is 3.88. The average Bonchev–Trinajstić information content (AvgIpc) is 3.18. The number of aliphatic hydroxyl groups is 1. The number of aliphatic hydroxyl groups excluding tert-OH is 1. The quantitative estimate of drug-likeness (QED) is 0.491. The van der Waals surface area contributed by atoms with Gasteiger partial charge in [0.1, 0.15) is 0 Å². The number of imidazole rings is 1. The average molecular weight is 471 g/mol. The number of amides is 3. The maximum absolute atomic E-state index is 13.0. The van der Waals surface area contributed by atoms with Crippen LogP contribution in [0.1, 0.15) is 28.8 Å². The van der Waals surface area contributed by atoms with Gasteiger partial charge in [-0.15, -0.1) is 0 Å². The van der Waals surface area contributed by atoms with E-state index < -0.39 is 12.3 Å². The number of aryl methyl sites for hydroxylation is 1. The van der Waals surface area contributed by atoms with Crippen LogP contribution in [-0.2, 0) is 16.1 Å². The summed E-state index contributed by atoms with van der Waals surface area (Å²) in [6.45, 7) is 1.04. The Morgan fingerprint density at radius 3 is 2.74 bits per heavy atom. The van der Waals surface area contributed by atoms with Crippen molar-refractivity contribution in [2.75, 3.05) is 36.5 Å². The van der Waals surface area contributed by atoms with E-state index in [1.165, 1.54) is 23.1 Å². The first-order chi connectivity index (χ1) is 16.4. The number of halogens is 2. The van der Waals surface area contributed by atoms with Gasteiger partial charge in [0.25, 0.3) is 12.3 Å². The van der Waals surface area contributed by atoms with E-state index in [-0.39, 0.29) is 36.1 Å². The summed E-state index contributed by atoms with van der Waals surface area (Å²) in [5, 5.41) is 12.0. The van der Waals surface area contributed by atoms with Crippen LogP contribution in [0.15, 0.2) is 42.5 Å². The van der Waals surface area contributed by atoms with Crippen molar-refractivity contribution in [1.29, 1.82) is 0 Å². The number of piperazine rings is 1. The summed E-state index contributed by atoms with van der Waals surface area (Å²) < 4.78 is 27.8. The van der Waals surface area contributed by atoms with Crippen molar-refractivity contribution in [2.45, 2.75) is 19.4 Å². The van der Waals surface area contributed by atoms with Crippen LogP contribution in [0.2, 0.25) is 0 Å². The van der Waals surface area contributed by atoms with Gasteiger partial charge >= 0.3 is 0 Å². The maximum atomic E-state index is 13.0. The summed E-state index contributed by atoms with van der Waals surface area (Å²) in [6.07, 6.45) is -1.65. The number of rotatable bonds is 8. The molecule has 1 aromatic heterocycles. The highest BCUT2D eigenvalue weighted by molar-refractivity contribution is 6.04. The summed E-state index contributed by atoms with van der Waals surface area (Å²) in [7, 11) is 0. The van der Waals surface area contributed by atoms with Crippen LogP contribution in [-0.4, -0.2) is 64.0 Å². The van der Waals surface area contributed by atoms with Crippen molar-refractivity contribution in [2.24, 2.45) is 0 Å². The van der Waals surface area contributed by atoms with Gasteiger partial charge < -0.3 is 19.5 Å². The fraction of sp³-hybridized carbons (Fsp3) is 0.304. The minimum Gasteiger partial charge on any atom is -0.396 e. The Bertz CT molecular complexity index is 1230. The van der Waals surface area contributed by atoms with E-state index in [0.29, 0.717) is 49.2 Å². The zero-order chi connectivity index (χ0) is 24.2. The molecule has 1 fully saturated rings. The number of hydrogen-bond donors (Lipinski definition) is 2. The molecule has 2 N–H and O–H groups in total. The van der Waals surface area contributed by atoms with E-state index >= 15 is 0 Å². The summed E-state index contributed by atoms with van der Waals surface area (Å²) in [4.78, 5) is 43.6. The molecule has 0 unspecified atom stereocenters. The molecule has 1 saturated heterocycles. The van der Waals surface area contributed by atoms with Crippen molar-refractivity contribution in [1.82, 2.24) is 14.5 Å². The zero-order valence-electron chi connectivity index (χ0n) is 18.2. The molecule has 0 saturated carbocycles. The van der Waals surface area contributed by atoms with E-state index in [4.69, 9.17) is 0 Å². The first-order valence-corrected chi connectivity index (χ1v) is 10.7. The molecule has 0 atom stereocenters. The monoisotopic (exact) mass is 471 g/mol. The summed E-state index contributed by atoms with van der Waals surface area (Å²) in [6, 6.07) is 10.4. The number of anilines is 2. The van der Waals surface area contributed by atoms with Crippen molar-refractivity contribution >= 4 is 40.9 Å². The number of carbonyl (C=O) groups excluding carboxylic acids is 3. The van der Waals surface area contributed by atoms with Crippen LogP contribution in [0.25, 0.3) is 11.0 Å². The van der Waals surface area contributed by atoms with Crippen LogP contribution in [0.3, 0.4) is 0 Å². The highest BCUT2D eigenvalue weighted by Gasteiger charge is 2.25. The van der Waals surface area contributed by atoms with Gasteiger partial charge in [-0.05, 0) is 36.8 Å². The minimum absolute atomic E-state index is 0.00847. The molecule has 3 aromatic rings. The third kappa shape index (κ3) is 4.74. The Hall–Kier alpha value is -3.86. The van der Waals surface area contributed by atoms with Crippen LogP contribution in [0.5, 0.6) is 0 Å². The van der Waals surface area contributed by atoms with Gasteiger partial charge in [-0.2, -0.15) is 0 Å².